The van der Waals surface area contributed by atoms with Crippen LogP contribution in [0.4, 0.5) is 0 Å². The fourth-order valence-corrected chi connectivity index (χ4v) is 0.856. The molecule has 0 fully saturated rings. The summed E-state index contributed by atoms with van der Waals surface area (Å²) in [4.78, 5) is 31.7. The first-order valence-electron chi connectivity index (χ1n) is 4.13. The number of primary amides is 1. The molecule has 0 radical (unpaired) electrons. The molecule has 0 aromatic carbocycles. The van der Waals surface area contributed by atoms with Crippen LogP contribution >= 0.6 is 0 Å². The van der Waals surface area contributed by atoms with Crippen molar-refractivity contribution in [1.82, 2.24) is 5.32 Å². The molecule has 0 spiro atoms. The summed E-state index contributed by atoms with van der Waals surface area (Å²) in [5, 5.41) is 2.39. The monoisotopic (exact) mass is 186 g/mol. The number of amides is 2. The largest absolute Gasteiger partial charge is 0.370 e. The first-order chi connectivity index (χ1) is 6.10. The smallest absolute Gasteiger partial charge is 0.220 e. The highest BCUT2D eigenvalue weighted by Gasteiger charge is 2.12. The molecule has 0 aromatic heterocycles. The Labute approximate surface area is 76.7 Å². The lowest BCUT2D eigenvalue weighted by Gasteiger charge is -2.09. The van der Waals surface area contributed by atoms with E-state index in [4.69, 9.17) is 5.73 Å². The van der Waals surface area contributed by atoms with Crippen molar-refractivity contribution in [2.24, 2.45) is 5.73 Å². The predicted octanol–water partition coefficient (Wildman–Crippen LogP) is -0.654. The third-order valence-corrected chi connectivity index (χ3v) is 1.41. The summed E-state index contributed by atoms with van der Waals surface area (Å²) in [6, 6.07) is -0.781. The van der Waals surface area contributed by atoms with E-state index in [0.717, 1.165) is 0 Å². The van der Waals surface area contributed by atoms with Gasteiger partial charge in [0.1, 0.15) is 6.29 Å². The van der Waals surface area contributed by atoms with E-state index < -0.39 is 11.9 Å². The van der Waals surface area contributed by atoms with Crippen molar-refractivity contribution in [1.29, 1.82) is 0 Å². The van der Waals surface area contributed by atoms with Crippen molar-refractivity contribution in [2.45, 2.75) is 32.2 Å². The zero-order valence-electron chi connectivity index (χ0n) is 7.58. The van der Waals surface area contributed by atoms with Crippen LogP contribution in [0, 0.1) is 0 Å². The van der Waals surface area contributed by atoms with Gasteiger partial charge >= 0.3 is 0 Å². The minimum absolute atomic E-state index is 0.140. The molecule has 2 amide bonds. The van der Waals surface area contributed by atoms with Gasteiger partial charge in [-0.1, -0.05) is 6.92 Å². The minimum Gasteiger partial charge on any atom is -0.370 e. The van der Waals surface area contributed by atoms with Crippen LogP contribution in [0.2, 0.25) is 0 Å². The van der Waals surface area contributed by atoms with Gasteiger partial charge < -0.3 is 15.8 Å². The van der Waals surface area contributed by atoms with Crippen molar-refractivity contribution in [2.75, 3.05) is 0 Å². The highest BCUT2D eigenvalue weighted by molar-refractivity contribution is 5.83. The molecule has 0 aromatic rings. The van der Waals surface area contributed by atoms with E-state index in [2.05, 4.69) is 5.32 Å². The lowest BCUT2D eigenvalue weighted by Crippen LogP contribution is -2.38. The van der Waals surface area contributed by atoms with Gasteiger partial charge in [0, 0.05) is 6.42 Å². The molecule has 0 aliphatic rings. The second kappa shape index (κ2) is 6.16. The van der Waals surface area contributed by atoms with E-state index in [-0.39, 0.29) is 12.3 Å². The van der Waals surface area contributed by atoms with E-state index in [1.807, 2.05) is 6.92 Å². The molecular formula is C8H14N2O3. The van der Waals surface area contributed by atoms with Gasteiger partial charge in [-0.05, 0) is 6.42 Å². The van der Waals surface area contributed by atoms with Crippen LogP contribution in [0.25, 0.3) is 0 Å². The number of rotatable bonds is 6. The summed E-state index contributed by atoms with van der Waals surface area (Å²) in [6.45, 7) is 1.85. The fourth-order valence-electron chi connectivity index (χ4n) is 0.856. The van der Waals surface area contributed by atoms with Crippen molar-refractivity contribution in [3.63, 3.8) is 0 Å². The summed E-state index contributed by atoms with van der Waals surface area (Å²) >= 11 is 0. The van der Waals surface area contributed by atoms with Crippen LogP contribution in [0.3, 0.4) is 0 Å². The minimum atomic E-state index is -0.781. The summed E-state index contributed by atoms with van der Waals surface area (Å²) in [6.07, 6.45) is 1.42. The fraction of sp³-hybridized carbons (Fsp3) is 0.625. The quantitative estimate of drug-likeness (QED) is 0.540. The van der Waals surface area contributed by atoms with Gasteiger partial charge in [-0.15, -0.1) is 0 Å². The van der Waals surface area contributed by atoms with Crippen LogP contribution in [-0.4, -0.2) is 24.1 Å². The lowest BCUT2D eigenvalue weighted by atomic mass is 10.2. The van der Waals surface area contributed by atoms with Crippen LogP contribution in [0.1, 0.15) is 26.2 Å². The average Bonchev–Trinajstić information content (AvgIpc) is 2.02. The zero-order chi connectivity index (χ0) is 10.3. The Bertz CT molecular complexity index is 204. The van der Waals surface area contributed by atoms with E-state index in [1.54, 1.807) is 0 Å². The number of carbonyl (C=O) groups excluding carboxylic acids is 3. The number of hydrogen-bond acceptors (Lipinski definition) is 3. The molecule has 1 atom stereocenters. The summed E-state index contributed by atoms with van der Waals surface area (Å²) in [7, 11) is 0. The molecule has 0 bridgehead atoms. The van der Waals surface area contributed by atoms with Gasteiger partial charge in [0.15, 0.2) is 0 Å². The van der Waals surface area contributed by atoms with Crippen molar-refractivity contribution < 1.29 is 14.4 Å². The van der Waals surface area contributed by atoms with E-state index in [9.17, 15) is 14.4 Å². The SMILES string of the molecule is CCCC(=O)N[C@@H](C=O)CC(N)=O. The molecule has 3 N–H and O–H groups in total. The van der Waals surface area contributed by atoms with E-state index in [0.29, 0.717) is 19.1 Å². The van der Waals surface area contributed by atoms with Gasteiger partial charge in [0.25, 0.3) is 0 Å². The first-order valence-corrected chi connectivity index (χ1v) is 4.13. The summed E-state index contributed by atoms with van der Waals surface area (Å²) < 4.78 is 0. The maximum atomic E-state index is 11.0. The molecule has 13 heavy (non-hydrogen) atoms. The molecule has 0 heterocycles. The zero-order valence-corrected chi connectivity index (χ0v) is 7.58. The van der Waals surface area contributed by atoms with E-state index >= 15 is 0 Å². The lowest BCUT2D eigenvalue weighted by molar-refractivity contribution is -0.125. The predicted molar refractivity (Wildman–Crippen MR) is 46.7 cm³/mol. The Morgan fingerprint density at radius 3 is 2.54 bits per heavy atom. The molecule has 0 aliphatic heterocycles. The first kappa shape index (κ1) is 11.6. The number of hydrogen-bond donors (Lipinski definition) is 2. The van der Waals surface area contributed by atoms with Gasteiger partial charge in [-0.3, -0.25) is 9.59 Å². The van der Waals surface area contributed by atoms with Crippen LogP contribution in [-0.2, 0) is 14.4 Å². The van der Waals surface area contributed by atoms with Crippen molar-refractivity contribution in [3.8, 4) is 0 Å². The topological polar surface area (TPSA) is 89.3 Å². The highest BCUT2D eigenvalue weighted by Crippen LogP contribution is 1.91. The van der Waals surface area contributed by atoms with Crippen LogP contribution in [0.5, 0.6) is 0 Å². The Kier molecular flexibility index (Phi) is 5.50. The Hall–Kier alpha value is -1.39. The summed E-state index contributed by atoms with van der Waals surface area (Å²) in [5.74, 6) is -0.838. The Morgan fingerprint density at radius 1 is 1.54 bits per heavy atom. The van der Waals surface area contributed by atoms with Crippen LogP contribution in [0.15, 0.2) is 0 Å². The number of aldehydes is 1. The van der Waals surface area contributed by atoms with Crippen LogP contribution < -0.4 is 11.1 Å². The van der Waals surface area contributed by atoms with Gasteiger partial charge in [-0.2, -0.15) is 0 Å². The van der Waals surface area contributed by atoms with Crippen molar-refractivity contribution in [3.05, 3.63) is 0 Å². The van der Waals surface area contributed by atoms with E-state index in [1.165, 1.54) is 0 Å². The van der Waals surface area contributed by atoms with Crippen molar-refractivity contribution >= 4 is 18.1 Å². The van der Waals surface area contributed by atoms with Gasteiger partial charge in [0.2, 0.25) is 11.8 Å². The molecule has 5 heteroatoms. The number of nitrogens with one attached hydrogen (secondary N) is 1. The molecule has 5 nitrogen and oxygen atoms in total. The maximum absolute atomic E-state index is 11.0. The molecule has 74 valence electrons. The summed E-state index contributed by atoms with van der Waals surface area (Å²) in [5.41, 5.74) is 4.87. The molecule has 0 saturated heterocycles. The maximum Gasteiger partial charge on any atom is 0.220 e. The number of carbonyl (C=O) groups is 3. The number of nitrogens with two attached hydrogens (primary N) is 1. The molecule has 0 aliphatic carbocycles. The molecule has 0 unspecified atom stereocenters. The van der Waals surface area contributed by atoms with Gasteiger partial charge in [-0.25, -0.2) is 0 Å². The average molecular weight is 186 g/mol. The standard InChI is InChI=1S/C8H14N2O3/c1-2-3-8(13)10-6(5-11)4-7(9)12/h5-6H,2-4H2,1H3,(H2,9,12)(H,10,13)/t6-/m1/s1. The van der Waals surface area contributed by atoms with Gasteiger partial charge in [0.05, 0.1) is 12.5 Å². The second-order valence-electron chi connectivity index (χ2n) is 2.73. The highest BCUT2D eigenvalue weighted by atomic mass is 16.2. The normalized spacial score (nSPS) is 11.8. The second-order valence-corrected chi connectivity index (χ2v) is 2.73. The third-order valence-electron chi connectivity index (χ3n) is 1.41. The Balaban J connectivity index is 3.90. The molecule has 0 saturated carbocycles. The third kappa shape index (κ3) is 5.84. The Morgan fingerprint density at radius 2 is 2.15 bits per heavy atom. The molecular weight excluding hydrogens is 172 g/mol. The molecule has 0 rings (SSSR count).